The lowest BCUT2D eigenvalue weighted by Crippen LogP contribution is -2.35. The number of hydrogen-bond donors (Lipinski definition) is 2. The van der Waals surface area contributed by atoms with Gasteiger partial charge in [0.2, 0.25) is 0 Å². The number of nitrogens with zero attached hydrogens (tertiary/aromatic N) is 1. The maximum absolute atomic E-state index is 12.9. The van der Waals surface area contributed by atoms with Gasteiger partial charge in [-0.15, -0.1) is 0 Å². The first-order chi connectivity index (χ1) is 12.7. The third-order valence-corrected chi connectivity index (χ3v) is 3.84. The van der Waals surface area contributed by atoms with Crippen LogP contribution in [0.1, 0.15) is 11.1 Å². The minimum atomic E-state index is -4.58. The van der Waals surface area contributed by atoms with E-state index in [4.69, 9.17) is 4.74 Å². The Balaban J connectivity index is 1.94. The summed E-state index contributed by atoms with van der Waals surface area (Å²) in [6.07, 6.45) is -3.32. The first-order valence-electron chi connectivity index (χ1n) is 7.62. The van der Waals surface area contributed by atoms with Crippen LogP contribution in [0.25, 0.3) is 6.08 Å². The second-order valence-electron chi connectivity index (χ2n) is 5.62. The number of ether oxygens (including phenoxy) is 1. The summed E-state index contributed by atoms with van der Waals surface area (Å²) < 4.78 is 43.5. The standard InChI is InChI=1S/C18H13F3N2O4/c1-27-15-8-10(5-6-14(15)24)7-13-16(25)22-23(17(13)26)12-4-2-3-11(9-12)18(19,20)21/h2-9,24H,1H3,(H,22,25)/b13-7+. The zero-order valence-corrected chi connectivity index (χ0v) is 13.9. The van der Waals surface area contributed by atoms with Crippen LogP contribution in [0.15, 0.2) is 48.0 Å². The Morgan fingerprint density at radius 2 is 1.89 bits per heavy atom. The lowest BCUT2D eigenvalue weighted by atomic mass is 10.1. The van der Waals surface area contributed by atoms with Crippen LogP contribution in [0.2, 0.25) is 0 Å². The molecular formula is C18H13F3N2O4. The van der Waals surface area contributed by atoms with E-state index in [0.29, 0.717) is 5.56 Å². The number of methoxy groups -OCH3 is 1. The fourth-order valence-electron chi connectivity index (χ4n) is 2.51. The third-order valence-electron chi connectivity index (χ3n) is 3.84. The van der Waals surface area contributed by atoms with Gasteiger partial charge >= 0.3 is 6.18 Å². The number of phenols is 1. The van der Waals surface area contributed by atoms with Crippen LogP contribution in [-0.4, -0.2) is 24.0 Å². The van der Waals surface area contributed by atoms with Crippen LogP contribution in [0, 0.1) is 0 Å². The number of benzene rings is 2. The highest BCUT2D eigenvalue weighted by Gasteiger charge is 2.36. The van der Waals surface area contributed by atoms with E-state index in [1.54, 1.807) is 0 Å². The fourth-order valence-corrected chi connectivity index (χ4v) is 2.51. The van der Waals surface area contributed by atoms with Crippen LogP contribution < -0.4 is 15.2 Å². The van der Waals surface area contributed by atoms with Crippen molar-refractivity contribution < 1.29 is 32.6 Å². The van der Waals surface area contributed by atoms with Gasteiger partial charge in [-0.1, -0.05) is 12.1 Å². The molecule has 3 rings (SSSR count). The van der Waals surface area contributed by atoms with Crippen LogP contribution in [0.5, 0.6) is 11.5 Å². The van der Waals surface area contributed by atoms with E-state index in [2.05, 4.69) is 5.43 Å². The summed E-state index contributed by atoms with van der Waals surface area (Å²) >= 11 is 0. The highest BCUT2D eigenvalue weighted by Crippen LogP contribution is 2.33. The van der Waals surface area contributed by atoms with Gasteiger partial charge in [0.05, 0.1) is 18.4 Å². The minimum absolute atomic E-state index is 0.116. The molecule has 2 aromatic rings. The van der Waals surface area contributed by atoms with E-state index in [1.165, 1.54) is 37.5 Å². The number of rotatable bonds is 3. The molecule has 9 heteroatoms. The zero-order chi connectivity index (χ0) is 19.8. The van der Waals surface area contributed by atoms with Gasteiger partial charge in [0, 0.05) is 0 Å². The number of halogens is 3. The largest absolute Gasteiger partial charge is 0.504 e. The average Bonchev–Trinajstić information content (AvgIpc) is 2.91. The summed E-state index contributed by atoms with van der Waals surface area (Å²) in [5, 5.41) is 10.3. The van der Waals surface area contributed by atoms with Gasteiger partial charge < -0.3 is 9.84 Å². The molecule has 1 fully saturated rings. The number of amides is 2. The van der Waals surface area contributed by atoms with Crippen molar-refractivity contribution in [1.82, 2.24) is 5.43 Å². The van der Waals surface area contributed by atoms with Crippen molar-refractivity contribution in [2.24, 2.45) is 0 Å². The molecule has 140 valence electrons. The molecule has 0 bridgehead atoms. The lowest BCUT2D eigenvalue weighted by molar-refractivity contribution is -0.137. The molecule has 0 atom stereocenters. The Kier molecular flexibility index (Phi) is 4.52. The van der Waals surface area contributed by atoms with E-state index in [9.17, 15) is 27.9 Å². The second-order valence-corrected chi connectivity index (χ2v) is 5.62. The predicted molar refractivity (Wildman–Crippen MR) is 89.7 cm³/mol. The monoisotopic (exact) mass is 378 g/mol. The summed E-state index contributed by atoms with van der Waals surface area (Å²) in [6, 6.07) is 8.25. The number of hydrogen-bond acceptors (Lipinski definition) is 4. The summed E-state index contributed by atoms with van der Waals surface area (Å²) in [7, 11) is 1.34. The Hall–Kier alpha value is -3.49. The quantitative estimate of drug-likeness (QED) is 0.636. The molecule has 1 aliphatic rings. The van der Waals surface area contributed by atoms with Crippen molar-refractivity contribution in [3.8, 4) is 11.5 Å². The summed E-state index contributed by atoms with van der Waals surface area (Å²) in [5.41, 5.74) is 1.31. The molecule has 2 aromatic carbocycles. The van der Waals surface area contributed by atoms with E-state index >= 15 is 0 Å². The molecular weight excluding hydrogens is 365 g/mol. The van der Waals surface area contributed by atoms with Crippen molar-refractivity contribution in [2.75, 3.05) is 12.1 Å². The van der Waals surface area contributed by atoms with Crippen molar-refractivity contribution in [1.29, 1.82) is 0 Å². The van der Waals surface area contributed by atoms with Gasteiger partial charge in [-0.3, -0.25) is 15.0 Å². The van der Waals surface area contributed by atoms with Crippen LogP contribution >= 0.6 is 0 Å². The fraction of sp³-hybridized carbons (Fsp3) is 0.111. The molecule has 2 amide bonds. The van der Waals surface area contributed by atoms with E-state index < -0.39 is 23.6 Å². The molecule has 27 heavy (non-hydrogen) atoms. The molecule has 0 aromatic heterocycles. The highest BCUT2D eigenvalue weighted by atomic mass is 19.4. The number of carbonyl (C=O) groups excluding carboxylic acids is 2. The van der Waals surface area contributed by atoms with Crippen LogP contribution in [-0.2, 0) is 15.8 Å². The Labute approximate surface area is 151 Å². The summed E-state index contributed by atoms with van der Waals surface area (Å²) in [5.74, 6) is -1.53. The molecule has 0 spiro atoms. The Bertz CT molecular complexity index is 954. The lowest BCUT2D eigenvalue weighted by Gasteiger charge is -2.16. The average molecular weight is 378 g/mol. The number of hydrazine groups is 1. The van der Waals surface area contributed by atoms with Crippen LogP contribution in [0.3, 0.4) is 0 Å². The maximum Gasteiger partial charge on any atom is 0.416 e. The van der Waals surface area contributed by atoms with Crippen molar-refractivity contribution in [2.45, 2.75) is 6.18 Å². The number of phenolic OH excluding ortho intramolecular Hbond substituents is 1. The second kappa shape index (κ2) is 6.67. The number of anilines is 1. The SMILES string of the molecule is COc1cc(/C=C2\C(=O)NN(c3cccc(C(F)(F)F)c3)C2=O)ccc1O. The van der Waals surface area contributed by atoms with E-state index in [-0.39, 0.29) is 22.8 Å². The van der Waals surface area contributed by atoms with Gasteiger partial charge in [-0.2, -0.15) is 13.2 Å². The molecule has 0 radical (unpaired) electrons. The van der Waals surface area contributed by atoms with Gasteiger partial charge in [-0.05, 0) is 42.0 Å². The molecule has 0 aliphatic carbocycles. The van der Waals surface area contributed by atoms with Gasteiger partial charge in [-0.25, -0.2) is 5.01 Å². The van der Waals surface area contributed by atoms with E-state index in [1.807, 2.05) is 0 Å². The smallest absolute Gasteiger partial charge is 0.416 e. The molecule has 1 aliphatic heterocycles. The Morgan fingerprint density at radius 3 is 2.56 bits per heavy atom. The number of aromatic hydroxyl groups is 1. The maximum atomic E-state index is 12.9. The third kappa shape index (κ3) is 3.57. The van der Waals surface area contributed by atoms with Gasteiger partial charge in [0.25, 0.3) is 11.8 Å². The van der Waals surface area contributed by atoms with Crippen molar-refractivity contribution >= 4 is 23.6 Å². The van der Waals surface area contributed by atoms with Gasteiger partial charge in [0.15, 0.2) is 11.5 Å². The molecule has 0 saturated carbocycles. The normalized spacial score (nSPS) is 16.0. The van der Waals surface area contributed by atoms with E-state index in [0.717, 1.165) is 23.2 Å². The molecule has 2 N–H and O–H groups in total. The number of alkyl halides is 3. The number of carbonyl (C=O) groups is 2. The molecule has 1 heterocycles. The topological polar surface area (TPSA) is 78.9 Å². The number of nitrogens with one attached hydrogen (secondary N) is 1. The zero-order valence-electron chi connectivity index (χ0n) is 13.9. The first kappa shape index (κ1) is 18.3. The predicted octanol–water partition coefficient (Wildman–Crippen LogP) is 2.88. The van der Waals surface area contributed by atoms with Gasteiger partial charge in [0.1, 0.15) is 5.57 Å². The first-order valence-corrected chi connectivity index (χ1v) is 7.62. The summed E-state index contributed by atoms with van der Waals surface area (Å²) in [4.78, 5) is 24.6. The Morgan fingerprint density at radius 1 is 1.15 bits per heavy atom. The summed E-state index contributed by atoms with van der Waals surface area (Å²) in [6.45, 7) is 0. The van der Waals surface area contributed by atoms with Crippen LogP contribution in [0.4, 0.5) is 18.9 Å². The minimum Gasteiger partial charge on any atom is -0.504 e. The molecule has 6 nitrogen and oxygen atoms in total. The van der Waals surface area contributed by atoms with Crippen molar-refractivity contribution in [3.63, 3.8) is 0 Å². The highest BCUT2D eigenvalue weighted by molar-refractivity contribution is 6.31. The molecule has 0 unspecified atom stereocenters. The van der Waals surface area contributed by atoms with Crippen molar-refractivity contribution in [3.05, 3.63) is 59.2 Å². The molecule has 1 saturated heterocycles.